The van der Waals surface area contributed by atoms with Gasteiger partial charge in [-0.1, -0.05) is 50.1 Å². The van der Waals surface area contributed by atoms with Crippen molar-refractivity contribution in [2.75, 3.05) is 6.61 Å². The number of aromatic nitrogens is 4. The average Bonchev–Trinajstić information content (AvgIpc) is 3.26. The fourth-order valence-electron chi connectivity index (χ4n) is 4.25. The van der Waals surface area contributed by atoms with Gasteiger partial charge in [-0.05, 0) is 60.7 Å². The Morgan fingerprint density at radius 1 is 0.971 bits per heavy atom. The van der Waals surface area contributed by atoms with Crippen LogP contribution in [0.1, 0.15) is 36.5 Å². The highest BCUT2D eigenvalue weighted by Crippen LogP contribution is 2.32. The highest BCUT2D eigenvalue weighted by molar-refractivity contribution is 5.94. The van der Waals surface area contributed by atoms with E-state index >= 15 is 0 Å². The molecule has 5 heteroatoms. The van der Waals surface area contributed by atoms with E-state index in [0.29, 0.717) is 23.3 Å². The van der Waals surface area contributed by atoms with Crippen LogP contribution >= 0.6 is 0 Å². The summed E-state index contributed by atoms with van der Waals surface area (Å²) in [6.45, 7) is 8.74. The summed E-state index contributed by atoms with van der Waals surface area (Å²) in [5.74, 6) is 4.87. The first-order valence-electron chi connectivity index (χ1n) is 11.4. The molecule has 0 aliphatic rings. The van der Waals surface area contributed by atoms with E-state index in [-0.39, 0.29) is 6.61 Å². The molecule has 0 radical (unpaired) electrons. The van der Waals surface area contributed by atoms with Crippen LogP contribution in [0.3, 0.4) is 0 Å². The van der Waals surface area contributed by atoms with Crippen molar-refractivity contribution in [2.24, 2.45) is 0 Å². The molecule has 5 rings (SSSR count). The van der Waals surface area contributed by atoms with Crippen LogP contribution in [0, 0.1) is 26.2 Å². The second-order valence-corrected chi connectivity index (χ2v) is 8.91. The Kier molecular flexibility index (Phi) is 5.51. The van der Waals surface area contributed by atoms with Gasteiger partial charge in [0.25, 0.3) is 0 Å². The number of H-pyrrole nitrogens is 1. The molecular weight excluding hydrogens is 420 g/mol. The number of terminal acetylenes is 1. The summed E-state index contributed by atoms with van der Waals surface area (Å²) in [6.07, 6.45) is 5.37. The molecule has 0 saturated carbocycles. The molecule has 0 unspecified atom stereocenters. The zero-order chi connectivity index (χ0) is 23.8. The van der Waals surface area contributed by atoms with Gasteiger partial charge in [0.2, 0.25) is 0 Å². The summed E-state index contributed by atoms with van der Waals surface area (Å²) in [6, 6.07) is 18.5. The number of aromatic amines is 1. The predicted octanol–water partition coefficient (Wildman–Crippen LogP) is 6.59. The first kappa shape index (κ1) is 21.7. The van der Waals surface area contributed by atoms with Crippen LogP contribution in [-0.2, 0) is 0 Å². The number of nitrogens with zero attached hydrogens (tertiary/aromatic N) is 3. The molecule has 0 amide bonds. The second kappa shape index (κ2) is 8.64. The Labute approximate surface area is 199 Å². The minimum Gasteiger partial charge on any atom is -0.481 e. The topological polar surface area (TPSA) is 63.7 Å². The van der Waals surface area contributed by atoms with Crippen molar-refractivity contribution in [1.29, 1.82) is 0 Å². The molecule has 0 atom stereocenters. The number of nitrogens with one attached hydrogen (secondary N) is 1. The van der Waals surface area contributed by atoms with E-state index in [9.17, 15) is 0 Å². The molecule has 5 nitrogen and oxygen atoms in total. The molecule has 1 N–H and O–H groups in total. The van der Waals surface area contributed by atoms with Crippen LogP contribution in [0.4, 0.5) is 0 Å². The van der Waals surface area contributed by atoms with Crippen LogP contribution in [0.15, 0.2) is 54.6 Å². The van der Waals surface area contributed by atoms with E-state index < -0.39 is 0 Å². The Bertz CT molecular complexity index is 1560. The highest BCUT2D eigenvalue weighted by atomic mass is 16.5. The van der Waals surface area contributed by atoms with Gasteiger partial charge in [0.15, 0.2) is 11.6 Å². The maximum Gasteiger partial charge on any atom is 0.196 e. The number of imidazole rings is 1. The number of rotatable bonds is 5. The summed E-state index contributed by atoms with van der Waals surface area (Å²) in [7, 11) is 0. The lowest BCUT2D eigenvalue weighted by Gasteiger charge is -2.11. The minimum absolute atomic E-state index is 0.209. The first-order valence-corrected chi connectivity index (χ1v) is 11.4. The number of hydrogen-bond acceptors (Lipinski definition) is 4. The van der Waals surface area contributed by atoms with E-state index in [0.717, 1.165) is 38.8 Å². The minimum atomic E-state index is 0.209. The summed E-state index contributed by atoms with van der Waals surface area (Å²) < 4.78 is 5.67. The molecule has 168 valence electrons. The van der Waals surface area contributed by atoms with Gasteiger partial charge in [0.1, 0.15) is 12.4 Å². The van der Waals surface area contributed by atoms with Crippen molar-refractivity contribution in [3.05, 3.63) is 71.3 Å². The van der Waals surface area contributed by atoms with Gasteiger partial charge < -0.3 is 9.72 Å². The molecule has 0 saturated heterocycles. The molecule has 3 aromatic carbocycles. The van der Waals surface area contributed by atoms with Crippen LogP contribution in [-0.4, -0.2) is 26.5 Å². The summed E-state index contributed by atoms with van der Waals surface area (Å²) >= 11 is 0. The number of fused-ring (bicyclic) bond motifs is 2. The number of aryl methyl sites for hydroxylation is 2. The largest absolute Gasteiger partial charge is 0.481 e. The molecule has 2 aromatic heterocycles. The zero-order valence-corrected chi connectivity index (χ0v) is 19.8. The molecular formula is C29H26N4O. The standard InChI is InChI=1S/C29H26N4O/c1-6-13-34-22-11-12-24-23(16-22)27(21-9-7-20(8-10-21)17(2)3)33-28(30-24)29-31-25-15-18(4)14-19(5)26(25)32-29/h1,7-12,14-17H,13H2,2-5H3,(H,31,32). The number of hydrogen-bond donors (Lipinski definition) is 1. The lowest BCUT2D eigenvalue weighted by molar-refractivity contribution is 0.371. The Hall–Kier alpha value is -4.17. The van der Waals surface area contributed by atoms with Gasteiger partial charge in [-0.2, -0.15) is 0 Å². The van der Waals surface area contributed by atoms with Gasteiger partial charge in [-0.3, -0.25) is 0 Å². The second-order valence-electron chi connectivity index (χ2n) is 8.91. The monoisotopic (exact) mass is 446 g/mol. The van der Waals surface area contributed by atoms with Crippen LogP contribution < -0.4 is 4.74 Å². The molecule has 0 aliphatic heterocycles. The van der Waals surface area contributed by atoms with E-state index in [1.54, 1.807) is 0 Å². The van der Waals surface area contributed by atoms with Gasteiger partial charge >= 0.3 is 0 Å². The normalized spacial score (nSPS) is 11.3. The number of ether oxygens (including phenoxy) is 1. The SMILES string of the molecule is C#CCOc1ccc2nc(-c3nc4c(C)cc(C)cc4[nH]3)nc(-c3ccc(C(C)C)cc3)c2c1. The lowest BCUT2D eigenvalue weighted by Crippen LogP contribution is -1.98. The molecule has 0 aliphatic carbocycles. The molecule has 34 heavy (non-hydrogen) atoms. The molecule has 2 heterocycles. The fourth-order valence-corrected chi connectivity index (χ4v) is 4.25. The maximum atomic E-state index is 5.67. The van der Waals surface area contributed by atoms with Gasteiger partial charge in [0.05, 0.1) is 22.2 Å². The summed E-state index contributed by atoms with van der Waals surface area (Å²) in [5, 5.41) is 0.902. The first-order chi connectivity index (χ1) is 16.4. The third-order valence-electron chi connectivity index (χ3n) is 5.97. The Morgan fingerprint density at radius 3 is 2.50 bits per heavy atom. The fraction of sp³-hybridized carbons (Fsp3) is 0.207. The van der Waals surface area contributed by atoms with Crippen molar-refractivity contribution < 1.29 is 4.74 Å². The molecule has 0 bridgehead atoms. The van der Waals surface area contributed by atoms with Crippen molar-refractivity contribution in [2.45, 2.75) is 33.6 Å². The van der Waals surface area contributed by atoms with E-state index in [2.05, 4.69) is 75.0 Å². The van der Waals surface area contributed by atoms with Crippen LogP contribution in [0.25, 0.3) is 44.8 Å². The van der Waals surface area contributed by atoms with Gasteiger partial charge in [-0.15, -0.1) is 6.42 Å². The Morgan fingerprint density at radius 2 is 1.76 bits per heavy atom. The van der Waals surface area contributed by atoms with Gasteiger partial charge in [-0.25, -0.2) is 15.0 Å². The van der Waals surface area contributed by atoms with Crippen molar-refractivity contribution in [3.63, 3.8) is 0 Å². The zero-order valence-electron chi connectivity index (χ0n) is 19.8. The Balaban J connectivity index is 1.71. The third-order valence-corrected chi connectivity index (χ3v) is 5.97. The van der Waals surface area contributed by atoms with E-state index in [1.165, 1.54) is 11.1 Å². The van der Waals surface area contributed by atoms with Crippen molar-refractivity contribution in [1.82, 2.24) is 19.9 Å². The summed E-state index contributed by atoms with van der Waals surface area (Å²) in [4.78, 5) is 18.1. The third kappa shape index (κ3) is 3.99. The molecule has 5 aromatic rings. The predicted molar refractivity (Wildman–Crippen MR) is 138 cm³/mol. The van der Waals surface area contributed by atoms with Crippen molar-refractivity contribution in [3.8, 4) is 41.0 Å². The van der Waals surface area contributed by atoms with Crippen LogP contribution in [0.2, 0.25) is 0 Å². The molecule has 0 spiro atoms. The van der Waals surface area contributed by atoms with E-state index in [4.69, 9.17) is 26.1 Å². The average molecular weight is 447 g/mol. The quantitative estimate of drug-likeness (QED) is 0.309. The van der Waals surface area contributed by atoms with E-state index in [1.807, 2.05) is 18.2 Å². The highest BCUT2D eigenvalue weighted by Gasteiger charge is 2.16. The molecule has 0 fully saturated rings. The lowest BCUT2D eigenvalue weighted by atomic mass is 9.99. The van der Waals surface area contributed by atoms with Crippen LogP contribution in [0.5, 0.6) is 5.75 Å². The smallest absolute Gasteiger partial charge is 0.196 e. The number of benzene rings is 3. The summed E-state index contributed by atoms with van der Waals surface area (Å²) in [5.41, 5.74) is 8.16. The van der Waals surface area contributed by atoms with Gasteiger partial charge in [0, 0.05) is 10.9 Å². The maximum absolute atomic E-state index is 5.67. The van der Waals surface area contributed by atoms with Crippen molar-refractivity contribution >= 4 is 21.9 Å².